The van der Waals surface area contributed by atoms with Crippen LogP contribution in [-0.2, 0) is 0 Å². The Balaban J connectivity index is 1.71. The normalized spacial score (nSPS) is 19.4. The summed E-state index contributed by atoms with van der Waals surface area (Å²) in [7, 11) is 0. The van der Waals surface area contributed by atoms with Crippen molar-refractivity contribution in [2.24, 2.45) is 5.41 Å². The number of rotatable bonds is 4. The lowest BCUT2D eigenvalue weighted by molar-refractivity contribution is 0.0712. The van der Waals surface area contributed by atoms with Crippen LogP contribution in [0.5, 0.6) is 0 Å². The van der Waals surface area contributed by atoms with Crippen molar-refractivity contribution < 1.29 is 9.59 Å². The molecule has 0 unspecified atom stereocenters. The molecule has 0 radical (unpaired) electrons. The standard InChI is InChI=1S/C14H19N7O2S/c1-14(2)3-8(4-16-12(22)10-5-17-20-18-10)21(7-14)13(23)11-9(15)6-24-19-11/h5-6,8H,3-4,7,15H2,1-2H3,(H,16,22)(H,17,18,20)/t8-/m0/s1. The van der Waals surface area contributed by atoms with Gasteiger partial charge in [-0.05, 0) is 23.4 Å². The SMILES string of the molecule is CC1(C)C[C@@H](CNC(=O)c2cn[nH]n2)N(C(=O)c2nscc2N)C1. The maximum Gasteiger partial charge on any atom is 0.276 e. The summed E-state index contributed by atoms with van der Waals surface area (Å²) in [5, 5.41) is 14.2. The average Bonchev–Trinajstić information content (AvgIpc) is 3.24. The number of nitrogens with one attached hydrogen (secondary N) is 2. The highest BCUT2D eigenvalue weighted by molar-refractivity contribution is 7.04. The van der Waals surface area contributed by atoms with Crippen LogP contribution in [0.3, 0.4) is 0 Å². The maximum atomic E-state index is 12.8. The first-order valence-electron chi connectivity index (χ1n) is 7.52. The number of carbonyl (C=O) groups is 2. The summed E-state index contributed by atoms with van der Waals surface area (Å²) in [4.78, 5) is 26.5. The number of likely N-dealkylation sites (tertiary alicyclic amines) is 1. The monoisotopic (exact) mass is 349 g/mol. The fraction of sp³-hybridized carbons (Fsp3) is 0.500. The van der Waals surface area contributed by atoms with Crippen LogP contribution in [0.2, 0.25) is 0 Å². The Hall–Kier alpha value is -2.49. The highest BCUT2D eigenvalue weighted by Crippen LogP contribution is 2.35. The third-order valence-corrected chi connectivity index (χ3v) is 4.68. The Morgan fingerprint density at radius 2 is 2.33 bits per heavy atom. The summed E-state index contributed by atoms with van der Waals surface area (Å²) >= 11 is 1.16. The minimum absolute atomic E-state index is 0.0380. The number of anilines is 1. The maximum absolute atomic E-state index is 12.8. The molecule has 0 bridgehead atoms. The van der Waals surface area contributed by atoms with Gasteiger partial charge in [0.1, 0.15) is 0 Å². The molecule has 4 N–H and O–H groups in total. The molecule has 0 spiro atoms. The fourth-order valence-corrected chi connectivity index (χ4v) is 3.54. The van der Waals surface area contributed by atoms with Crippen LogP contribution in [0.4, 0.5) is 5.69 Å². The quantitative estimate of drug-likeness (QED) is 0.737. The molecule has 2 amide bonds. The van der Waals surface area contributed by atoms with Crippen molar-refractivity contribution in [3.05, 3.63) is 23.0 Å². The third kappa shape index (κ3) is 3.23. The van der Waals surface area contributed by atoms with E-state index in [1.807, 2.05) is 0 Å². The van der Waals surface area contributed by atoms with E-state index in [1.54, 1.807) is 10.3 Å². The number of hydrogen-bond donors (Lipinski definition) is 3. The predicted octanol–water partition coefficient (Wildman–Crippen LogP) is 0.514. The molecule has 1 aliphatic heterocycles. The number of amides is 2. The van der Waals surface area contributed by atoms with Crippen molar-refractivity contribution in [2.75, 3.05) is 18.8 Å². The van der Waals surface area contributed by atoms with Gasteiger partial charge in [0.25, 0.3) is 11.8 Å². The van der Waals surface area contributed by atoms with Crippen LogP contribution in [0.1, 0.15) is 41.2 Å². The van der Waals surface area contributed by atoms with E-state index < -0.39 is 0 Å². The lowest BCUT2D eigenvalue weighted by Crippen LogP contribution is -2.43. The minimum atomic E-state index is -0.325. The second-order valence-corrected chi connectivity index (χ2v) is 7.27. The van der Waals surface area contributed by atoms with Crippen molar-refractivity contribution in [3.8, 4) is 0 Å². The smallest absolute Gasteiger partial charge is 0.276 e. The van der Waals surface area contributed by atoms with Gasteiger partial charge in [-0.1, -0.05) is 13.8 Å². The number of H-pyrrole nitrogens is 1. The molecule has 1 aliphatic rings. The van der Waals surface area contributed by atoms with Gasteiger partial charge in [-0.25, -0.2) is 0 Å². The molecule has 9 nitrogen and oxygen atoms in total. The van der Waals surface area contributed by atoms with Crippen molar-refractivity contribution in [2.45, 2.75) is 26.3 Å². The number of nitrogens with two attached hydrogens (primary N) is 1. The lowest BCUT2D eigenvalue weighted by atomic mass is 9.91. The van der Waals surface area contributed by atoms with Gasteiger partial charge in [0.2, 0.25) is 0 Å². The zero-order chi connectivity index (χ0) is 17.3. The molecule has 1 atom stereocenters. The predicted molar refractivity (Wildman–Crippen MR) is 88.5 cm³/mol. The number of nitrogens with zero attached hydrogens (tertiary/aromatic N) is 4. The summed E-state index contributed by atoms with van der Waals surface area (Å²) in [6.07, 6.45) is 2.13. The van der Waals surface area contributed by atoms with E-state index in [0.717, 1.165) is 18.0 Å². The van der Waals surface area contributed by atoms with Crippen molar-refractivity contribution >= 4 is 29.0 Å². The van der Waals surface area contributed by atoms with E-state index in [0.29, 0.717) is 18.8 Å². The second-order valence-electron chi connectivity index (χ2n) is 6.64. The first kappa shape index (κ1) is 16.4. The lowest BCUT2D eigenvalue weighted by Gasteiger charge is -2.24. The average molecular weight is 349 g/mol. The third-order valence-electron chi connectivity index (χ3n) is 4.03. The fourth-order valence-electron chi connectivity index (χ4n) is 2.98. The Bertz CT molecular complexity index is 740. The molecular weight excluding hydrogens is 330 g/mol. The van der Waals surface area contributed by atoms with Gasteiger partial charge >= 0.3 is 0 Å². The van der Waals surface area contributed by atoms with Gasteiger partial charge in [0.15, 0.2) is 11.4 Å². The molecular formula is C14H19N7O2S. The Labute approximate surface area is 142 Å². The zero-order valence-corrected chi connectivity index (χ0v) is 14.3. The largest absolute Gasteiger partial charge is 0.396 e. The molecule has 1 saturated heterocycles. The molecule has 2 aromatic heterocycles. The zero-order valence-electron chi connectivity index (χ0n) is 13.4. The molecule has 3 heterocycles. The van der Waals surface area contributed by atoms with E-state index in [9.17, 15) is 9.59 Å². The molecule has 0 aliphatic carbocycles. The van der Waals surface area contributed by atoms with Gasteiger partial charge in [-0.15, -0.1) is 0 Å². The molecule has 24 heavy (non-hydrogen) atoms. The number of carbonyl (C=O) groups excluding carboxylic acids is 2. The molecule has 0 saturated carbocycles. The van der Waals surface area contributed by atoms with Gasteiger partial charge in [-0.3, -0.25) is 9.59 Å². The summed E-state index contributed by atoms with van der Waals surface area (Å²) in [6, 6.07) is -0.121. The van der Waals surface area contributed by atoms with Crippen LogP contribution in [0.25, 0.3) is 0 Å². The van der Waals surface area contributed by atoms with Crippen molar-refractivity contribution in [1.29, 1.82) is 0 Å². The van der Waals surface area contributed by atoms with E-state index >= 15 is 0 Å². The number of aromatic amines is 1. The van der Waals surface area contributed by atoms with Crippen molar-refractivity contribution in [3.63, 3.8) is 0 Å². The van der Waals surface area contributed by atoms with E-state index in [4.69, 9.17) is 5.73 Å². The minimum Gasteiger partial charge on any atom is -0.396 e. The van der Waals surface area contributed by atoms with Crippen LogP contribution in [-0.4, -0.2) is 55.6 Å². The van der Waals surface area contributed by atoms with Gasteiger partial charge in [-0.2, -0.15) is 19.8 Å². The first-order chi connectivity index (χ1) is 11.4. The Kier molecular flexibility index (Phi) is 4.22. The highest BCUT2D eigenvalue weighted by atomic mass is 32.1. The Morgan fingerprint density at radius 1 is 1.54 bits per heavy atom. The van der Waals surface area contributed by atoms with E-state index in [1.165, 1.54) is 6.20 Å². The van der Waals surface area contributed by atoms with Gasteiger partial charge in [0.05, 0.1) is 17.9 Å². The summed E-state index contributed by atoms with van der Waals surface area (Å²) in [5.74, 6) is -0.519. The van der Waals surface area contributed by atoms with Crippen LogP contribution < -0.4 is 11.1 Å². The molecule has 0 aromatic carbocycles. The molecule has 3 rings (SSSR count). The number of nitrogen functional groups attached to an aromatic ring is 1. The van der Waals surface area contributed by atoms with Crippen LogP contribution >= 0.6 is 11.5 Å². The summed E-state index contributed by atoms with van der Waals surface area (Å²) in [6.45, 7) is 5.12. The van der Waals surface area contributed by atoms with E-state index in [-0.39, 0.29) is 34.7 Å². The van der Waals surface area contributed by atoms with Crippen LogP contribution in [0, 0.1) is 5.41 Å². The first-order valence-corrected chi connectivity index (χ1v) is 8.36. The van der Waals surface area contributed by atoms with Gasteiger partial charge in [0, 0.05) is 18.5 Å². The highest BCUT2D eigenvalue weighted by Gasteiger charge is 2.41. The van der Waals surface area contributed by atoms with E-state index in [2.05, 4.69) is 38.9 Å². The van der Waals surface area contributed by atoms with Crippen molar-refractivity contribution in [1.82, 2.24) is 30.0 Å². The number of aromatic nitrogens is 4. The van der Waals surface area contributed by atoms with Crippen LogP contribution in [0.15, 0.2) is 11.6 Å². The molecule has 128 valence electrons. The molecule has 2 aromatic rings. The Morgan fingerprint density at radius 3 is 2.96 bits per heavy atom. The topological polar surface area (TPSA) is 130 Å². The number of hydrogen-bond acceptors (Lipinski definition) is 7. The molecule has 10 heteroatoms. The van der Waals surface area contributed by atoms with Gasteiger partial charge < -0.3 is 16.0 Å². The molecule has 1 fully saturated rings. The summed E-state index contributed by atoms with van der Waals surface area (Å²) in [5.41, 5.74) is 6.67. The summed E-state index contributed by atoms with van der Waals surface area (Å²) < 4.78 is 4.09. The second kappa shape index (κ2) is 6.19.